The van der Waals surface area contributed by atoms with E-state index in [1.54, 1.807) is 31.3 Å². The summed E-state index contributed by atoms with van der Waals surface area (Å²) < 4.78 is 27.1. The highest BCUT2D eigenvalue weighted by Gasteiger charge is 2.13. The number of aromatic amines is 1. The van der Waals surface area contributed by atoms with E-state index in [0.29, 0.717) is 31.1 Å². The Morgan fingerprint density at radius 2 is 2.07 bits per heavy atom. The van der Waals surface area contributed by atoms with Gasteiger partial charge < -0.3 is 0 Å². The van der Waals surface area contributed by atoms with Gasteiger partial charge in [0.2, 0.25) is 0 Å². The number of nitrogens with zero attached hydrogens (tertiary/aromatic N) is 5. The predicted molar refractivity (Wildman–Crippen MR) is 101 cm³/mol. The minimum atomic E-state index is -2.68. The SMILES string of the molecule is Cc1[nH]nc(Cn2ncc3cc(Sc4cnn(C(F)F)c4)ccc3c2=O)c1Cl. The third-order valence-electron chi connectivity index (χ3n) is 4.08. The molecule has 0 amide bonds. The molecule has 0 saturated carbocycles. The second-order valence-electron chi connectivity index (χ2n) is 6.00. The third kappa shape index (κ3) is 3.52. The maximum Gasteiger partial charge on any atom is 0.333 e. The normalized spacial score (nSPS) is 11.6. The maximum absolute atomic E-state index is 12.7. The van der Waals surface area contributed by atoms with E-state index in [2.05, 4.69) is 20.4 Å². The number of H-pyrrole nitrogens is 1. The van der Waals surface area contributed by atoms with E-state index in [4.69, 9.17) is 11.6 Å². The molecular weight excluding hydrogens is 410 g/mol. The van der Waals surface area contributed by atoms with Crippen molar-refractivity contribution in [3.8, 4) is 0 Å². The van der Waals surface area contributed by atoms with Crippen LogP contribution in [-0.4, -0.2) is 29.8 Å². The van der Waals surface area contributed by atoms with Crippen molar-refractivity contribution in [2.45, 2.75) is 29.8 Å². The van der Waals surface area contributed by atoms with Crippen molar-refractivity contribution < 1.29 is 8.78 Å². The van der Waals surface area contributed by atoms with E-state index in [0.717, 1.165) is 10.6 Å². The van der Waals surface area contributed by atoms with Gasteiger partial charge in [0.05, 0.1) is 39.9 Å². The molecule has 0 spiro atoms. The van der Waals surface area contributed by atoms with Gasteiger partial charge in [-0.05, 0) is 25.1 Å². The first-order valence-electron chi connectivity index (χ1n) is 8.12. The van der Waals surface area contributed by atoms with Crippen LogP contribution in [0.4, 0.5) is 8.78 Å². The summed E-state index contributed by atoms with van der Waals surface area (Å²) in [6.45, 7) is -0.735. The maximum atomic E-state index is 12.7. The van der Waals surface area contributed by atoms with Crippen molar-refractivity contribution in [2.24, 2.45) is 0 Å². The van der Waals surface area contributed by atoms with Crippen LogP contribution >= 0.6 is 23.4 Å². The van der Waals surface area contributed by atoms with Gasteiger partial charge in [0.25, 0.3) is 5.56 Å². The lowest BCUT2D eigenvalue weighted by Gasteiger charge is -2.06. The molecule has 4 rings (SSSR count). The van der Waals surface area contributed by atoms with Crippen molar-refractivity contribution in [2.75, 3.05) is 0 Å². The molecule has 0 aliphatic carbocycles. The zero-order valence-corrected chi connectivity index (χ0v) is 16.0. The quantitative estimate of drug-likeness (QED) is 0.528. The van der Waals surface area contributed by atoms with Gasteiger partial charge in [-0.25, -0.2) is 9.36 Å². The van der Waals surface area contributed by atoms with Crippen LogP contribution in [0.5, 0.6) is 0 Å². The zero-order chi connectivity index (χ0) is 19.8. The molecule has 0 unspecified atom stereocenters. The summed E-state index contributed by atoms with van der Waals surface area (Å²) in [6.07, 6.45) is 4.22. The first-order valence-corrected chi connectivity index (χ1v) is 9.31. The molecule has 1 aromatic carbocycles. The number of aromatic nitrogens is 6. The van der Waals surface area contributed by atoms with Gasteiger partial charge in [0.15, 0.2) is 0 Å². The molecule has 0 atom stereocenters. The Hall–Kier alpha value is -2.72. The number of aryl methyl sites for hydroxylation is 1. The number of hydrogen-bond acceptors (Lipinski definition) is 5. The molecule has 0 saturated heterocycles. The highest BCUT2D eigenvalue weighted by molar-refractivity contribution is 7.99. The lowest BCUT2D eigenvalue weighted by Crippen LogP contribution is -2.23. The first-order chi connectivity index (χ1) is 13.4. The van der Waals surface area contributed by atoms with Gasteiger partial charge in [-0.15, -0.1) is 0 Å². The minimum Gasteiger partial charge on any atom is -0.281 e. The molecule has 0 radical (unpaired) electrons. The summed E-state index contributed by atoms with van der Waals surface area (Å²) in [5.74, 6) is 0. The number of alkyl halides is 2. The Labute approximate surface area is 166 Å². The second-order valence-corrected chi connectivity index (χ2v) is 7.53. The predicted octanol–water partition coefficient (Wildman–Crippen LogP) is 3.87. The average molecular weight is 423 g/mol. The van der Waals surface area contributed by atoms with Crippen molar-refractivity contribution in [1.29, 1.82) is 0 Å². The van der Waals surface area contributed by atoms with Crippen LogP contribution in [0.25, 0.3) is 10.8 Å². The van der Waals surface area contributed by atoms with Gasteiger partial charge in [-0.1, -0.05) is 23.4 Å². The molecule has 4 aromatic rings. The number of hydrogen-bond donors (Lipinski definition) is 1. The van der Waals surface area contributed by atoms with Crippen LogP contribution in [-0.2, 0) is 6.54 Å². The lowest BCUT2D eigenvalue weighted by atomic mass is 10.2. The topological polar surface area (TPSA) is 81.4 Å². The number of fused-ring (bicyclic) bond motifs is 1. The molecule has 3 aromatic heterocycles. The average Bonchev–Trinajstić information content (AvgIpc) is 3.26. The van der Waals surface area contributed by atoms with Gasteiger partial charge in [0, 0.05) is 16.5 Å². The fourth-order valence-electron chi connectivity index (χ4n) is 2.67. The zero-order valence-electron chi connectivity index (χ0n) is 14.4. The molecule has 1 N–H and O–H groups in total. The van der Waals surface area contributed by atoms with Crippen LogP contribution in [0.1, 0.15) is 17.9 Å². The largest absolute Gasteiger partial charge is 0.333 e. The molecule has 3 heterocycles. The fraction of sp³-hybridized carbons (Fsp3) is 0.176. The van der Waals surface area contributed by atoms with Crippen molar-refractivity contribution in [3.05, 3.63) is 63.6 Å². The molecule has 11 heteroatoms. The van der Waals surface area contributed by atoms with Gasteiger partial charge in [-0.3, -0.25) is 9.89 Å². The Kier molecular flexibility index (Phi) is 4.90. The Morgan fingerprint density at radius 3 is 2.75 bits per heavy atom. The molecule has 7 nitrogen and oxygen atoms in total. The van der Waals surface area contributed by atoms with E-state index in [1.807, 2.05) is 0 Å². The number of benzene rings is 1. The smallest absolute Gasteiger partial charge is 0.281 e. The van der Waals surface area contributed by atoms with Crippen LogP contribution < -0.4 is 5.56 Å². The van der Waals surface area contributed by atoms with Crippen molar-refractivity contribution in [1.82, 2.24) is 29.8 Å². The summed E-state index contributed by atoms with van der Waals surface area (Å²) in [7, 11) is 0. The molecule has 28 heavy (non-hydrogen) atoms. The fourth-order valence-corrected chi connectivity index (χ4v) is 3.67. The van der Waals surface area contributed by atoms with Gasteiger partial charge >= 0.3 is 6.55 Å². The van der Waals surface area contributed by atoms with Gasteiger partial charge in [0.1, 0.15) is 5.69 Å². The molecule has 144 valence electrons. The molecule has 0 bridgehead atoms. The Balaban J connectivity index is 1.62. The Bertz CT molecular complexity index is 1220. The summed E-state index contributed by atoms with van der Waals surface area (Å²) in [4.78, 5) is 14.1. The summed E-state index contributed by atoms with van der Waals surface area (Å²) in [6, 6.07) is 5.22. The van der Waals surface area contributed by atoms with E-state index < -0.39 is 6.55 Å². The summed E-state index contributed by atoms with van der Waals surface area (Å²) >= 11 is 7.43. The Morgan fingerprint density at radius 1 is 1.25 bits per heavy atom. The summed E-state index contributed by atoms with van der Waals surface area (Å²) in [5, 5.41) is 16.3. The second kappa shape index (κ2) is 7.36. The van der Waals surface area contributed by atoms with E-state index in [-0.39, 0.29) is 12.1 Å². The standard InChI is InChI=1S/C17H13ClF2N6OS/c1-9-15(18)14(24-23-9)8-25-16(27)13-3-2-11(4-10(13)5-21-25)28-12-6-22-26(7-12)17(19)20/h2-7,17H,8H2,1H3,(H,23,24). The number of rotatable bonds is 5. The third-order valence-corrected chi connectivity index (χ3v) is 5.52. The van der Waals surface area contributed by atoms with Crippen molar-refractivity contribution in [3.63, 3.8) is 0 Å². The van der Waals surface area contributed by atoms with E-state index >= 15 is 0 Å². The van der Waals surface area contributed by atoms with E-state index in [1.165, 1.54) is 28.8 Å². The first kappa shape index (κ1) is 18.6. The molecule has 0 aliphatic rings. The molecular formula is C17H13ClF2N6OS. The van der Waals surface area contributed by atoms with Crippen LogP contribution in [0, 0.1) is 6.92 Å². The highest BCUT2D eigenvalue weighted by atomic mass is 35.5. The van der Waals surface area contributed by atoms with Crippen LogP contribution in [0.15, 0.2) is 51.4 Å². The number of nitrogens with one attached hydrogen (secondary N) is 1. The van der Waals surface area contributed by atoms with Crippen LogP contribution in [0.2, 0.25) is 5.02 Å². The van der Waals surface area contributed by atoms with Crippen LogP contribution in [0.3, 0.4) is 0 Å². The lowest BCUT2D eigenvalue weighted by molar-refractivity contribution is 0.0564. The van der Waals surface area contributed by atoms with E-state index in [9.17, 15) is 13.6 Å². The van der Waals surface area contributed by atoms with Gasteiger partial charge in [-0.2, -0.15) is 24.1 Å². The molecule has 0 fully saturated rings. The minimum absolute atomic E-state index is 0.154. The monoisotopic (exact) mass is 422 g/mol. The highest BCUT2D eigenvalue weighted by Crippen LogP contribution is 2.30. The number of halogens is 3. The summed E-state index contributed by atoms with van der Waals surface area (Å²) in [5.41, 5.74) is 0.995. The van der Waals surface area contributed by atoms with Crippen molar-refractivity contribution >= 4 is 34.1 Å². The molecule has 0 aliphatic heterocycles.